The highest BCUT2D eigenvalue weighted by Gasteiger charge is 2.41. The zero-order valence-corrected chi connectivity index (χ0v) is 14.7. The molecule has 7 heteroatoms. The van der Waals surface area contributed by atoms with Crippen LogP contribution >= 0.6 is 0 Å². The molecule has 26 heavy (non-hydrogen) atoms. The summed E-state index contributed by atoms with van der Waals surface area (Å²) in [5.74, 6) is 1.50. The molecule has 7 nitrogen and oxygen atoms in total. The van der Waals surface area contributed by atoms with Crippen LogP contribution in [-0.4, -0.2) is 38.2 Å². The molecule has 1 aromatic heterocycles. The first kappa shape index (κ1) is 16.9. The summed E-state index contributed by atoms with van der Waals surface area (Å²) in [4.78, 5) is 22.2. The number of aryl methyl sites for hydroxylation is 1. The van der Waals surface area contributed by atoms with Crippen LogP contribution in [0.2, 0.25) is 0 Å². The second-order valence-corrected chi connectivity index (χ2v) is 7.12. The largest absolute Gasteiger partial charge is 0.393 e. The van der Waals surface area contributed by atoms with E-state index in [0.717, 1.165) is 49.2 Å². The Balaban J connectivity index is 1.71. The van der Waals surface area contributed by atoms with Crippen LogP contribution in [0.5, 0.6) is 0 Å². The number of nitro groups is 1. The topological polar surface area (TPSA) is 92.4 Å². The minimum Gasteiger partial charge on any atom is -0.393 e. The predicted molar refractivity (Wildman–Crippen MR) is 98.0 cm³/mol. The van der Waals surface area contributed by atoms with E-state index in [4.69, 9.17) is 4.98 Å². The van der Waals surface area contributed by atoms with Crippen molar-refractivity contribution in [1.29, 1.82) is 0 Å². The number of nitro benzene ring substituents is 1. The second kappa shape index (κ2) is 6.64. The minimum absolute atomic E-state index is 0.0590. The van der Waals surface area contributed by atoms with Crippen LogP contribution in [0.15, 0.2) is 30.3 Å². The summed E-state index contributed by atoms with van der Waals surface area (Å²) >= 11 is 0. The number of piperidine rings is 1. The molecule has 2 bridgehead atoms. The van der Waals surface area contributed by atoms with E-state index >= 15 is 0 Å². The number of aliphatic hydroxyl groups is 1. The number of nitrogens with zero attached hydrogens (tertiary/aromatic N) is 4. The Kier molecular flexibility index (Phi) is 4.32. The summed E-state index contributed by atoms with van der Waals surface area (Å²) in [5, 5.41) is 20.9. The van der Waals surface area contributed by atoms with E-state index in [9.17, 15) is 15.2 Å². The van der Waals surface area contributed by atoms with Gasteiger partial charge in [0, 0.05) is 41.5 Å². The van der Waals surface area contributed by atoms with Gasteiger partial charge in [0.05, 0.1) is 11.0 Å². The highest BCUT2D eigenvalue weighted by Crippen LogP contribution is 2.39. The van der Waals surface area contributed by atoms with Crippen molar-refractivity contribution in [2.75, 3.05) is 4.90 Å². The molecular weight excluding hydrogens is 332 g/mol. The number of hydrogen-bond donors (Lipinski definition) is 1. The van der Waals surface area contributed by atoms with Gasteiger partial charge in [0.25, 0.3) is 5.69 Å². The Morgan fingerprint density at radius 3 is 2.42 bits per heavy atom. The van der Waals surface area contributed by atoms with Crippen molar-refractivity contribution in [2.24, 2.45) is 0 Å². The van der Waals surface area contributed by atoms with E-state index < -0.39 is 4.92 Å². The zero-order chi connectivity index (χ0) is 18.3. The fourth-order valence-electron chi connectivity index (χ4n) is 4.18. The smallest absolute Gasteiger partial charge is 0.269 e. The van der Waals surface area contributed by atoms with E-state index in [1.807, 2.05) is 6.07 Å². The van der Waals surface area contributed by atoms with Gasteiger partial charge < -0.3 is 10.0 Å². The first-order valence-corrected chi connectivity index (χ1v) is 9.14. The maximum absolute atomic E-state index is 10.9. The van der Waals surface area contributed by atoms with Crippen LogP contribution in [0.25, 0.3) is 11.4 Å². The molecule has 2 aromatic rings. The monoisotopic (exact) mass is 354 g/mol. The Morgan fingerprint density at radius 1 is 1.19 bits per heavy atom. The number of fused-ring (bicyclic) bond motifs is 2. The lowest BCUT2D eigenvalue weighted by molar-refractivity contribution is -0.384. The standard InChI is InChI=1S/C19H22N4O3/c1-2-13-9-18(22-15-7-8-16(22)11-17(24)10-15)21-19(20-13)12-3-5-14(6-4-12)23(25)26/h3-6,9,15-17,24H,2,7-8,10-11H2,1H3/t15-,16-/m0/s1. The maximum Gasteiger partial charge on any atom is 0.269 e. The third kappa shape index (κ3) is 3.03. The van der Waals surface area contributed by atoms with Crippen LogP contribution in [0.1, 0.15) is 38.3 Å². The molecule has 0 aliphatic carbocycles. The summed E-state index contributed by atoms with van der Waals surface area (Å²) in [6, 6.07) is 9.06. The summed E-state index contributed by atoms with van der Waals surface area (Å²) < 4.78 is 0. The molecule has 4 rings (SSSR count). The quantitative estimate of drug-likeness (QED) is 0.670. The van der Waals surface area contributed by atoms with Crippen molar-refractivity contribution >= 4 is 11.5 Å². The van der Waals surface area contributed by atoms with Gasteiger partial charge in [-0.05, 0) is 44.2 Å². The summed E-state index contributed by atoms with van der Waals surface area (Å²) in [5.41, 5.74) is 1.79. The molecule has 0 saturated carbocycles. The van der Waals surface area contributed by atoms with E-state index in [1.165, 1.54) is 12.1 Å². The van der Waals surface area contributed by atoms with Gasteiger partial charge in [-0.2, -0.15) is 0 Å². The van der Waals surface area contributed by atoms with E-state index in [2.05, 4.69) is 16.8 Å². The van der Waals surface area contributed by atoms with Gasteiger partial charge in [-0.25, -0.2) is 9.97 Å². The molecule has 1 N–H and O–H groups in total. The molecule has 2 fully saturated rings. The van der Waals surface area contributed by atoms with Crippen molar-refractivity contribution in [2.45, 2.75) is 57.2 Å². The fraction of sp³-hybridized carbons (Fsp3) is 0.474. The molecule has 2 aliphatic heterocycles. The molecule has 0 unspecified atom stereocenters. The lowest BCUT2D eigenvalue weighted by Crippen LogP contribution is -2.45. The lowest BCUT2D eigenvalue weighted by Gasteiger charge is -2.38. The third-order valence-electron chi connectivity index (χ3n) is 5.44. The first-order valence-electron chi connectivity index (χ1n) is 9.14. The van der Waals surface area contributed by atoms with E-state index in [0.29, 0.717) is 17.9 Å². The summed E-state index contributed by atoms with van der Waals surface area (Å²) in [6.45, 7) is 2.06. The van der Waals surface area contributed by atoms with E-state index in [-0.39, 0.29) is 11.8 Å². The number of rotatable bonds is 4. The predicted octanol–water partition coefficient (Wildman–Crippen LogP) is 3.11. The number of benzene rings is 1. The molecule has 2 saturated heterocycles. The third-order valence-corrected chi connectivity index (χ3v) is 5.44. The molecule has 2 aliphatic rings. The van der Waals surface area contributed by atoms with Gasteiger partial charge in [-0.1, -0.05) is 6.92 Å². The number of aliphatic hydroxyl groups excluding tert-OH is 1. The number of aromatic nitrogens is 2. The van der Waals surface area contributed by atoms with Gasteiger partial charge >= 0.3 is 0 Å². The number of hydrogen-bond acceptors (Lipinski definition) is 6. The summed E-state index contributed by atoms with van der Waals surface area (Å²) in [7, 11) is 0. The molecule has 2 atom stereocenters. The van der Waals surface area contributed by atoms with Crippen LogP contribution in [0.3, 0.4) is 0 Å². The normalized spacial score (nSPS) is 24.7. The van der Waals surface area contributed by atoms with Crippen molar-refractivity contribution in [3.8, 4) is 11.4 Å². The Morgan fingerprint density at radius 2 is 1.85 bits per heavy atom. The Labute approximate surface area is 151 Å². The van der Waals surface area contributed by atoms with Gasteiger partial charge in [0.15, 0.2) is 5.82 Å². The summed E-state index contributed by atoms with van der Waals surface area (Å²) in [6.07, 6.45) is 4.32. The van der Waals surface area contributed by atoms with Gasteiger partial charge in [-0.3, -0.25) is 10.1 Å². The van der Waals surface area contributed by atoms with Crippen molar-refractivity contribution in [1.82, 2.24) is 9.97 Å². The Bertz CT molecular complexity index is 810. The van der Waals surface area contributed by atoms with Crippen molar-refractivity contribution < 1.29 is 10.0 Å². The van der Waals surface area contributed by atoms with Crippen molar-refractivity contribution in [3.63, 3.8) is 0 Å². The zero-order valence-electron chi connectivity index (χ0n) is 14.7. The molecule has 0 amide bonds. The van der Waals surface area contributed by atoms with Gasteiger partial charge in [-0.15, -0.1) is 0 Å². The molecule has 1 aromatic carbocycles. The molecule has 136 valence electrons. The molecular formula is C19H22N4O3. The van der Waals surface area contributed by atoms with E-state index in [1.54, 1.807) is 12.1 Å². The fourth-order valence-corrected chi connectivity index (χ4v) is 4.18. The van der Waals surface area contributed by atoms with Gasteiger partial charge in [0.1, 0.15) is 5.82 Å². The number of anilines is 1. The Hall–Kier alpha value is -2.54. The van der Waals surface area contributed by atoms with Crippen LogP contribution in [0, 0.1) is 10.1 Å². The van der Waals surface area contributed by atoms with Crippen molar-refractivity contribution in [3.05, 3.63) is 46.1 Å². The van der Waals surface area contributed by atoms with Gasteiger partial charge in [0.2, 0.25) is 0 Å². The molecule has 0 radical (unpaired) electrons. The van der Waals surface area contributed by atoms with Crippen LogP contribution < -0.4 is 4.90 Å². The van der Waals surface area contributed by atoms with Crippen LogP contribution in [-0.2, 0) is 6.42 Å². The first-order chi connectivity index (χ1) is 12.5. The highest BCUT2D eigenvalue weighted by molar-refractivity contribution is 5.60. The van der Waals surface area contributed by atoms with Crippen LogP contribution in [0.4, 0.5) is 11.5 Å². The average molecular weight is 354 g/mol. The minimum atomic E-state index is -0.407. The molecule has 3 heterocycles. The molecule has 0 spiro atoms. The number of non-ortho nitro benzene ring substituents is 1. The lowest BCUT2D eigenvalue weighted by atomic mass is 10.00. The second-order valence-electron chi connectivity index (χ2n) is 7.12. The maximum atomic E-state index is 10.9. The average Bonchev–Trinajstić information content (AvgIpc) is 2.92. The highest BCUT2D eigenvalue weighted by atomic mass is 16.6. The SMILES string of the molecule is CCc1cc(N2[C@H]3CC[C@H]2CC(O)C3)nc(-c2ccc([N+](=O)[O-])cc2)n1.